The molecule has 1 N–H and O–H groups in total. The fraction of sp³-hybridized carbons (Fsp3) is 0.375. The Morgan fingerprint density at radius 1 is 1.27 bits per heavy atom. The van der Waals surface area contributed by atoms with Crippen molar-refractivity contribution in [3.8, 4) is 5.75 Å². The number of urea groups is 1. The van der Waals surface area contributed by atoms with Crippen LogP contribution in [0.2, 0.25) is 0 Å². The number of amides is 2. The van der Waals surface area contributed by atoms with Crippen molar-refractivity contribution >= 4 is 33.3 Å². The fourth-order valence-electron chi connectivity index (χ4n) is 3.58. The monoisotopic (exact) mass is 471 g/mol. The molecule has 0 saturated heterocycles. The molecule has 30 heavy (non-hydrogen) atoms. The molecule has 1 aliphatic heterocycles. The van der Waals surface area contributed by atoms with Crippen LogP contribution < -0.4 is 15.0 Å². The molecule has 5 nitrogen and oxygen atoms in total. The van der Waals surface area contributed by atoms with Crippen molar-refractivity contribution < 1.29 is 9.53 Å². The standard InChI is InChI=1S/C24H30BrN3O2/c1-3-14-27(2)15-4-5-17-30-22-12-13-23-19(18-22)7-6-16-28(23)24(29)26-21-10-8-20(25)9-11-21/h3,8-13,18H,1,4-7,14-17H2,2H3,(H,26,29). The highest BCUT2D eigenvalue weighted by molar-refractivity contribution is 9.10. The van der Waals surface area contributed by atoms with Gasteiger partial charge in [-0.05, 0) is 87.3 Å². The minimum Gasteiger partial charge on any atom is -0.494 e. The predicted molar refractivity (Wildman–Crippen MR) is 128 cm³/mol. The summed E-state index contributed by atoms with van der Waals surface area (Å²) < 4.78 is 6.94. The normalized spacial score (nSPS) is 13.1. The quantitative estimate of drug-likeness (QED) is 0.376. The van der Waals surface area contributed by atoms with Gasteiger partial charge < -0.3 is 15.0 Å². The molecule has 0 spiro atoms. The minimum absolute atomic E-state index is 0.101. The van der Waals surface area contributed by atoms with Gasteiger partial charge in [-0.3, -0.25) is 4.90 Å². The summed E-state index contributed by atoms with van der Waals surface area (Å²) in [4.78, 5) is 16.9. The zero-order chi connectivity index (χ0) is 21.3. The number of aryl methyl sites for hydroxylation is 1. The zero-order valence-electron chi connectivity index (χ0n) is 17.6. The maximum Gasteiger partial charge on any atom is 0.326 e. The van der Waals surface area contributed by atoms with E-state index in [1.165, 1.54) is 0 Å². The predicted octanol–water partition coefficient (Wildman–Crippen LogP) is 5.71. The Labute approximate surface area is 187 Å². The number of hydrogen-bond donors (Lipinski definition) is 1. The molecule has 6 heteroatoms. The summed E-state index contributed by atoms with van der Waals surface area (Å²) in [5.74, 6) is 0.878. The van der Waals surface area contributed by atoms with E-state index in [0.29, 0.717) is 13.2 Å². The van der Waals surface area contributed by atoms with Gasteiger partial charge in [-0.15, -0.1) is 6.58 Å². The summed E-state index contributed by atoms with van der Waals surface area (Å²) in [6, 6.07) is 13.6. The van der Waals surface area contributed by atoms with Crippen LogP contribution in [0.3, 0.4) is 0 Å². The smallest absolute Gasteiger partial charge is 0.326 e. The Balaban J connectivity index is 1.54. The Morgan fingerprint density at radius 2 is 2.07 bits per heavy atom. The van der Waals surface area contributed by atoms with Gasteiger partial charge in [0.05, 0.1) is 6.61 Å². The Hall–Kier alpha value is -2.31. The summed E-state index contributed by atoms with van der Waals surface area (Å²) >= 11 is 3.41. The molecule has 0 unspecified atom stereocenters. The first-order valence-electron chi connectivity index (χ1n) is 10.5. The average Bonchev–Trinajstić information content (AvgIpc) is 2.74. The van der Waals surface area contributed by atoms with E-state index < -0.39 is 0 Å². The number of rotatable bonds is 9. The SMILES string of the molecule is C=CCN(C)CCCCOc1ccc2c(c1)CCCN2C(=O)Nc1ccc(Br)cc1. The summed E-state index contributed by atoms with van der Waals surface area (Å²) in [5.41, 5.74) is 2.92. The number of nitrogens with one attached hydrogen (secondary N) is 1. The fourth-order valence-corrected chi connectivity index (χ4v) is 3.85. The van der Waals surface area contributed by atoms with Crippen LogP contribution in [0.4, 0.5) is 16.2 Å². The van der Waals surface area contributed by atoms with E-state index >= 15 is 0 Å². The number of carbonyl (C=O) groups is 1. The van der Waals surface area contributed by atoms with Gasteiger partial charge in [0.2, 0.25) is 0 Å². The van der Waals surface area contributed by atoms with Crippen LogP contribution >= 0.6 is 15.9 Å². The number of fused-ring (bicyclic) bond motifs is 1. The summed E-state index contributed by atoms with van der Waals surface area (Å²) in [6.07, 6.45) is 5.94. The van der Waals surface area contributed by atoms with Gasteiger partial charge in [-0.2, -0.15) is 0 Å². The summed E-state index contributed by atoms with van der Waals surface area (Å²) in [6.45, 7) is 7.14. The Kier molecular flexibility index (Phi) is 8.34. The molecule has 0 radical (unpaired) electrons. The van der Waals surface area contributed by atoms with Gasteiger partial charge in [0.1, 0.15) is 5.75 Å². The largest absolute Gasteiger partial charge is 0.494 e. The maximum absolute atomic E-state index is 12.8. The number of benzene rings is 2. The third-order valence-corrected chi connectivity index (χ3v) is 5.68. The number of hydrogen-bond acceptors (Lipinski definition) is 3. The molecule has 2 aromatic carbocycles. The van der Waals surface area contributed by atoms with Crippen LogP contribution in [0.15, 0.2) is 59.6 Å². The molecule has 0 bridgehead atoms. The number of unbranched alkanes of at least 4 members (excludes halogenated alkanes) is 1. The molecule has 0 atom stereocenters. The molecular weight excluding hydrogens is 442 g/mol. The number of likely N-dealkylation sites (N-methyl/N-ethyl adjacent to an activating group) is 1. The lowest BCUT2D eigenvalue weighted by molar-refractivity contribution is 0.256. The van der Waals surface area contributed by atoms with Crippen molar-refractivity contribution in [2.45, 2.75) is 25.7 Å². The lowest BCUT2D eigenvalue weighted by Crippen LogP contribution is -2.38. The van der Waals surface area contributed by atoms with E-state index in [0.717, 1.165) is 65.9 Å². The molecule has 1 aliphatic rings. The van der Waals surface area contributed by atoms with Crippen LogP contribution in [0.1, 0.15) is 24.8 Å². The van der Waals surface area contributed by atoms with Crippen molar-refractivity contribution in [3.05, 3.63) is 65.2 Å². The first-order valence-corrected chi connectivity index (χ1v) is 11.3. The minimum atomic E-state index is -0.101. The first-order chi connectivity index (χ1) is 14.6. The van der Waals surface area contributed by atoms with Gasteiger partial charge in [-0.1, -0.05) is 22.0 Å². The number of carbonyl (C=O) groups excluding carboxylic acids is 1. The van der Waals surface area contributed by atoms with Crippen molar-refractivity contribution in [1.29, 1.82) is 0 Å². The Morgan fingerprint density at radius 3 is 2.83 bits per heavy atom. The zero-order valence-corrected chi connectivity index (χ0v) is 19.2. The second-order valence-corrected chi connectivity index (χ2v) is 8.50. The van der Waals surface area contributed by atoms with Gasteiger partial charge in [0.25, 0.3) is 0 Å². The molecule has 0 saturated carbocycles. The van der Waals surface area contributed by atoms with Crippen molar-refractivity contribution in [3.63, 3.8) is 0 Å². The average molecular weight is 472 g/mol. The molecule has 0 fully saturated rings. The highest BCUT2D eigenvalue weighted by Crippen LogP contribution is 2.31. The summed E-state index contributed by atoms with van der Waals surface area (Å²) in [5, 5.41) is 2.99. The van der Waals surface area contributed by atoms with E-state index in [1.807, 2.05) is 47.4 Å². The van der Waals surface area contributed by atoms with E-state index in [1.54, 1.807) is 0 Å². The van der Waals surface area contributed by atoms with Gasteiger partial charge >= 0.3 is 6.03 Å². The van der Waals surface area contributed by atoms with E-state index in [2.05, 4.69) is 45.8 Å². The molecule has 0 aliphatic carbocycles. The third kappa shape index (κ3) is 6.34. The van der Waals surface area contributed by atoms with E-state index in [4.69, 9.17) is 4.74 Å². The van der Waals surface area contributed by atoms with Crippen molar-refractivity contribution in [1.82, 2.24) is 4.90 Å². The van der Waals surface area contributed by atoms with E-state index in [9.17, 15) is 4.79 Å². The molecule has 3 rings (SSSR count). The number of ether oxygens (including phenoxy) is 1. The number of halogens is 1. The lowest BCUT2D eigenvalue weighted by atomic mass is 10.0. The van der Waals surface area contributed by atoms with Crippen molar-refractivity contribution in [2.24, 2.45) is 0 Å². The van der Waals surface area contributed by atoms with Gasteiger partial charge in [-0.25, -0.2) is 4.79 Å². The Bertz CT molecular complexity index is 854. The molecule has 2 aromatic rings. The van der Waals surface area contributed by atoms with Gasteiger partial charge in [0.15, 0.2) is 0 Å². The second-order valence-electron chi connectivity index (χ2n) is 7.59. The molecule has 2 amide bonds. The van der Waals surface area contributed by atoms with Crippen LogP contribution in [0.5, 0.6) is 5.75 Å². The van der Waals surface area contributed by atoms with Crippen molar-refractivity contribution in [2.75, 3.05) is 43.5 Å². The van der Waals surface area contributed by atoms with Crippen LogP contribution in [0, 0.1) is 0 Å². The third-order valence-electron chi connectivity index (χ3n) is 5.15. The molecule has 1 heterocycles. The van der Waals surface area contributed by atoms with Crippen LogP contribution in [-0.2, 0) is 6.42 Å². The maximum atomic E-state index is 12.8. The lowest BCUT2D eigenvalue weighted by Gasteiger charge is -2.30. The van der Waals surface area contributed by atoms with Crippen LogP contribution in [-0.4, -0.2) is 44.2 Å². The van der Waals surface area contributed by atoms with E-state index in [-0.39, 0.29) is 6.03 Å². The number of anilines is 2. The first kappa shape index (κ1) is 22.4. The molecule has 160 valence electrons. The number of nitrogens with zero attached hydrogens (tertiary/aromatic N) is 2. The topological polar surface area (TPSA) is 44.8 Å². The summed E-state index contributed by atoms with van der Waals surface area (Å²) in [7, 11) is 2.10. The second kappa shape index (κ2) is 11.2. The molecular formula is C24H30BrN3O2. The van der Waals surface area contributed by atoms with Gasteiger partial charge in [0, 0.05) is 28.9 Å². The highest BCUT2D eigenvalue weighted by atomic mass is 79.9. The highest BCUT2D eigenvalue weighted by Gasteiger charge is 2.23. The van der Waals surface area contributed by atoms with Crippen LogP contribution in [0.25, 0.3) is 0 Å². The molecule has 0 aromatic heterocycles.